The predicted octanol–water partition coefficient (Wildman–Crippen LogP) is 5.07. The van der Waals surface area contributed by atoms with Gasteiger partial charge in [0.15, 0.2) is 0 Å². The van der Waals surface area contributed by atoms with Gasteiger partial charge in [-0.2, -0.15) is 0 Å². The van der Waals surface area contributed by atoms with E-state index in [0.717, 1.165) is 13.0 Å². The van der Waals surface area contributed by atoms with E-state index in [9.17, 15) is 0 Å². The molecule has 0 fully saturated rings. The van der Waals surface area contributed by atoms with Crippen LogP contribution < -0.4 is 5.32 Å². The summed E-state index contributed by atoms with van der Waals surface area (Å²) in [6.07, 6.45) is 1.16. The predicted molar refractivity (Wildman–Crippen MR) is 89.8 cm³/mol. The van der Waals surface area contributed by atoms with E-state index in [0.29, 0.717) is 6.04 Å². The Morgan fingerprint density at radius 1 is 1.05 bits per heavy atom. The highest BCUT2D eigenvalue weighted by molar-refractivity contribution is 7.12. The lowest BCUT2D eigenvalue weighted by molar-refractivity contribution is 0.597. The second kappa shape index (κ2) is 6.55. The third-order valence-electron chi connectivity index (χ3n) is 3.85. The van der Waals surface area contributed by atoms with E-state index in [4.69, 9.17) is 0 Å². The molecule has 0 saturated heterocycles. The smallest absolute Gasteiger partial charge is 0.0587 e. The molecule has 0 bridgehead atoms. The van der Waals surface area contributed by atoms with E-state index in [1.165, 1.54) is 32.0 Å². The summed E-state index contributed by atoms with van der Waals surface area (Å²) in [5, 5.41) is 3.71. The van der Waals surface area contributed by atoms with Crippen LogP contribution >= 0.6 is 11.3 Å². The lowest BCUT2D eigenvalue weighted by Gasteiger charge is -2.20. The Kier molecular flexibility index (Phi) is 5.00. The van der Waals surface area contributed by atoms with Gasteiger partial charge in [0.05, 0.1) is 6.04 Å². The highest BCUT2D eigenvalue weighted by Crippen LogP contribution is 2.31. The van der Waals surface area contributed by atoms with Gasteiger partial charge in [-0.1, -0.05) is 25.1 Å². The van der Waals surface area contributed by atoms with Gasteiger partial charge in [-0.05, 0) is 69.0 Å². The van der Waals surface area contributed by atoms with E-state index >= 15 is 0 Å². The SMILES string of the molecule is CCCNC(c1ccc(C)c(C)c1)c1cc(C)sc1C. The molecule has 1 N–H and O–H groups in total. The van der Waals surface area contributed by atoms with Crippen molar-refractivity contribution in [1.29, 1.82) is 0 Å². The molecule has 0 aliphatic heterocycles. The maximum absolute atomic E-state index is 3.71. The summed E-state index contributed by atoms with van der Waals surface area (Å²) in [6.45, 7) is 12.1. The van der Waals surface area contributed by atoms with E-state index < -0.39 is 0 Å². The van der Waals surface area contributed by atoms with Gasteiger partial charge in [-0.25, -0.2) is 0 Å². The second-order valence-electron chi connectivity index (χ2n) is 5.60. The van der Waals surface area contributed by atoms with Crippen LogP contribution in [0.2, 0.25) is 0 Å². The van der Waals surface area contributed by atoms with Crippen LogP contribution in [0, 0.1) is 27.7 Å². The largest absolute Gasteiger partial charge is 0.306 e. The Labute approximate surface area is 127 Å². The summed E-state index contributed by atoms with van der Waals surface area (Å²) in [4.78, 5) is 2.82. The van der Waals surface area contributed by atoms with E-state index in [-0.39, 0.29) is 0 Å². The number of aryl methyl sites for hydroxylation is 4. The zero-order valence-electron chi connectivity index (χ0n) is 13.2. The van der Waals surface area contributed by atoms with Crippen LogP contribution in [-0.4, -0.2) is 6.54 Å². The average molecular weight is 287 g/mol. The maximum atomic E-state index is 3.71. The fraction of sp³-hybridized carbons (Fsp3) is 0.444. The molecule has 1 aromatic heterocycles. The monoisotopic (exact) mass is 287 g/mol. The van der Waals surface area contributed by atoms with Crippen LogP contribution in [0.15, 0.2) is 24.3 Å². The quantitative estimate of drug-likeness (QED) is 0.809. The molecule has 0 aliphatic carbocycles. The maximum Gasteiger partial charge on any atom is 0.0587 e. The average Bonchev–Trinajstić information content (AvgIpc) is 2.73. The molecule has 0 amide bonds. The van der Waals surface area contributed by atoms with Gasteiger partial charge >= 0.3 is 0 Å². The van der Waals surface area contributed by atoms with Crippen molar-refractivity contribution in [2.24, 2.45) is 0 Å². The standard InChI is InChI=1S/C18H25NS/c1-6-9-19-18(17-11-14(4)20-15(17)5)16-8-7-12(2)13(3)10-16/h7-8,10-11,18-19H,6,9H2,1-5H3. The minimum Gasteiger partial charge on any atom is -0.306 e. The van der Waals surface area contributed by atoms with Gasteiger partial charge in [-0.3, -0.25) is 0 Å². The van der Waals surface area contributed by atoms with Crippen molar-refractivity contribution in [1.82, 2.24) is 5.32 Å². The van der Waals surface area contributed by atoms with Crippen molar-refractivity contribution in [3.63, 3.8) is 0 Å². The van der Waals surface area contributed by atoms with Gasteiger partial charge in [0.25, 0.3) is 0 Å². The van der Waals surface area contributed by atoms with Crippen molar-refractivity contribution in [3.05, 3.63) is 56.3 Å². The highest BCUT2D eigenvalue weighted by atomic mass is 32.1. The third-order valence-corrected chi connectivity index (χ3v) is 4.83. The molecule has 1 unspecified atom stereocenters. The molecule has 0 saturated carbocycles. The van der Waals surface area contributed by atoms with Gasteiger partial charge in [0.1, 0.15) is 0 Å². The Morgan fingerprint density at radius 3 is 2.35 bits per heavy atom. The molecule has 2 aromatic rings. The summed E-state index contributed by atoms with van der Waals surface area (Å²) < 4.78 is 0. The van der Waals surface area contributed by atoms with Gasteiger partial charge < -0.3 is 5.32 Å². The number of thiophene rings is 1. The number of benzene rings is 1. The Balaban J connectivity index is 2.41. The highest BCUT2D eigenvalue weighted by Gasteiger charge is 2.17. The van der Waals surface area contributed by atoms with Crippen LogP contribution in [-0.2, 0) is 0 Å². The van der Waals surface area contributed by atoms with Crippen LogP contribution in [0.25, 0.3) is 0 Å². The van der Waals surface area contributed by atoms with E-state index in [2.05, 4.69) is 64.2 Å². The van der Waals surface area contributed by atoms with Gasteiger partial charge in [0.2, 0.25) is 0 Å². The Morgan fingerprint density at radius 2 is 1.80 bits per heavy atom. The first-order valence-electron chi connectivity index (χ1n) is 7.40. The summed E-state index contributed by atoms with van der Waals surface area (Å²) in [5.41, 5.74) is 5.54. The molecule has 0 aliphatic rings. The normalized spacial score (nSPS) is 12.7. The van der Waals surface area contributed by atoms with Crippen molar-refractivity contribution in [2.75, 3.05) is 6.54 Å². The summed E-state index contributed by atoms with van der Waals surface area (Å²) >= 11 is 1.89. The molecule has 2 heteroatoms. The topological polar surface area (TPSA) is 12.0 Å². The first-order valence-corrected chi connectivity index (χ1v) is 8.22. The molecule has 2 rings (SSSR count). The zero-order valence-corrected chi connectivity index (χ0v) is 14.0. The van der Waals surface area contributed by atoms with E-state index in [1.807, 2.05) is 11.3 Å². The van der Waals surface area contributed by atoms with Crippen LogP contribution in [0.5, 0.6) is 0 Å². The summed E-state index contributed by atoms with van der Waals surface area (Å²) in [6, 6.07) is 9.48. The molecular formula is C18H25NS. The minimum absolute atomic E-state index is 0.319. The van der Waals surface area contributed by atoms with Crippen molar-refractivity contribution in [3.8, 4) is 0 Å². The van der Waals surface area contributed by atoms with Crippen molar-refractivity contribution < 1.29 is 0 Å². The van der Waals surface area contributed by atoms with Crippen LogP contribution in [0.3, 0.4) is 0 Å². The van der Waals surface area contributed by atoms with Crippen molar-refractivity contribution in [2.45, 2.75) is 47.1 Å². The number of hydrogen-bond acceptors (Lipinski definition) is 2. The minimum atomic E-state index is 0.319. The third kappa shape index (κ3) is 3.31. The van der Waals surface area contributed by atoms with Crippen LogP contribution in [0.1, 0.15) is 51.4 Å². The van der Waals surface area contributed by atoms with Crippen LogP contribution in [0.4, 0.5) is 0 Å². The molecule has 1 heterocycles. The van der Waals surface area contributed by atoms with Crippen molar-refractivity contribution >= 4 is 11.3 Å². The van der Waals surface area contributed by atoms with Gasteiger partial charge in [-0.15, -0.1) is 11.3 Å². The number of nitrogens with one attached hydrogen (secondary N) is 1. The van der Waals surface area contributed by atoms with E-state index in [1.54, 1.807) is 0 Å². The molecule has 0 radical (unpaired) electrons. The lowest BCUT2D eigenvalue weighted by atomic mass is 9.95. The number of rotatable bonds is 5. The Bertz CT molecular complexity index is 583. The lowest BCUT2D eigenvalue weighted by Crippen LogP contribution is -2.23. The fourth-order valence-corrected chi connectivity index (χ4v) is 3.54. The molecule has 108 valence electrons. The molecular weight excluding hydrogens is 262 g/mol. The zero-order chi connectivity index (χ0) is 14.7. The fourth-order valence-electron chi connectivity index (χ4n) is 2.58. The molecule has 0 spiro atoms. The Hall–Kier alpha value is -1.12. The molecule has 1 atom stereocenters. The summed E-state index contributed by atoms with van der Waals surface area (Å²) in [7, 11) is 0. The first kappa shape index (κ1) is 15.3. The second-order valence-corrected chi connectivity index (χ2v) is 7.06. The summed E-state index contributed by atoms with van der Waals surface area (Å²) in [5.74, 6) is 0. The first-order chi connectivity index (χ1) is 9.52. The van der Waals surface area contributed by atoms with Gasteiger partial charge in [0, 0.05) is 9.75 Å². The number of hydrogen-bond donors (Lipinski definition) is 1. The molecule has 20 heavy (non-hydrogen) atoms. The molecule has 1 nitrogen and oxygen atoms in total. The molecule has 1 aromatic carbocycles.